The number of aryl methyl sites for hydroxylation is 1. The van der Waals surface area contributed by atoms with Crippen LogP contribution >= 0.6 is 0 Å². The number of aromatic hydroxyl groups is 1. The maximum Gasteiger partial charge on any atom is 0.337 e. The SMILES string of the molecule is Cc1cc(/C=N/NC(=O)N2CCCC2)c(O)c(C[NH+]2CCCC2CC(=O)[O-])c1. The zero-order valence-electron chi connectivity index (χ0n) is 16.2. The van der Waals surface area contributed by atoms with Gasteiger partial charge in [-0.3, -0.25) is 0 Å². The van der Waals surface area contributed by atoms with Crippen molar-refractivity contribution < 1.29 is 24.7 Å². The predicted molar refractivity (Wildman–Crippen MR) is 102 cm³/mol. The van der Waals surface area contributed by atoms with Crippen molar-refractivity contribution in [3.05, 3.63) is 28.8 Å². The molecular weight excluding hydrogens is 360 g/mol. The first kappa shape index (κ1) is 20.1. The topological polar surface area (TPSA) is 110 Å². The summed E-state index contributed by atoms with van der Waals surface area (Å²) in [6.07, 6.45) is 5.34. The van der Waals surface area contributed by atoms with Crippen LogP contribution < -0.4 is 15.4 Å². The number of nitrogens with zero attached hydrogens (tertiary/aromatic N) is 2. The predicted octanol–water partition coefficient (Wildman–Crippen LogP) is -0.473. The molecule has 3 N–H and O–H groups in total. The van der Waals surface area contributed by atoms with Crippen molar-refractivity contribution in [1.29, 1.82) is 0 Å². The zero-order chi connectivity index (χ0) is 20.1. The average molecular weight is 388 g/mol. The van der Waals surface area contributed by atoms with Crippen molar-refractivity contribution in [2.75, 3.05) is 19.6 Å². The van der Waals surface area contributed by atoms with Crippen LogP contribution in [0.25, 0.3) is 0 Å². The molecule has 2 aliphatic heterocycles. The van der Waals surface area contributed by atoms with E-state index < -0.39 is 5.97 Å². The van der Waals surface area contributed by atoms with Crippen molar-refractivity contribution in [1.82, 2.24) is 10.3 Å². The van der Waals surface area contributed by atoms with Crippen LogP contribution in [0.2, 0.25) is 0 Å². The summed E-state index contributed by atoms with van der Waals surface area (Å²) < 4.78 is 0. The largest absolute Gasteiger partial charge is 0.550 e. The molecule has 2 saturated heterocycles. The number of hydrogen-bond acceptors (Lipinski definition) is 5. The van der Waals surface area contributed by atoms with Crippen LogP contribution in [0, 0.1) is 6.92 Å². The summed E-state index contributed by atoms with van der Waals surface area (Å²) in [5, 5.41) is 25.6. The van der Waals surface area contributed by atoms with E-state index in [2.05, 4.69) is 10.5 Å². The fraction of sp³-hybridized carbons (Fsp3) is 0.550. The zero-order valence-corrected chi connectivity index (χ0v) is 16.2. The molecule has 2 heterocycles. The molecule has 2 aliphatic rings. The molecule has 2 unspecified atom stereocenters. The Labute approximate surface area is 164 Å². The number of carboxylic acid groups (broad SMARTS) is 1. The lowest BCUT2D eigenvalue weighted by molar-refractivity contribution is -0.925. The number of aliphatic carboxylic acids is 1. The molecule has 0 bridgehead atoms. The van der Waals surface area contributed by atoms with E-state index in [1.54, 1.807) is 4.90 Å². The Morgan fingerprint density at radius 2 is 2.11 bits per heavy atom. The molecule has 152 valence electrons. The number of quaternary nitrogens is 1. The number of amides is 2. The van der Waals surface area contributed by atoms with Gasteiger partial charge in [0.05, 0.1) is 18.8 Å². The van der Waals surface area contributed by atoms with Crippen molar-refractivity contribution >= 4 is 18.2 Å². The lowest BCUT2D eigenvalue weighted by Crippen LogP contribution is -3.12. The van der Waals surface area contributed by atoms with Gasteiger partial charge in [0.15, 0.2) is 0 Å². The summed E-state index contributed by atoms with van der Waals surface area (Å²) >= 11 is 0. The van der Waals surface area contributed by atoms with Crippen LogP contribution in [0.4, 0.5) is 4.79 Å². The second-order valence-electron chi connectivity index (χ2n) is 7.73. The van der Waals surface area contributed by atoms with E-state index in [9.17, 15) is 19.8 Å². The van der Waals surface area contributed by atoms with Crippen LogP contribution in [0.3, 0.4) is 0 Å². The number of nitrogens with one attached hydrogen (secondary N) is 2. The van der Waals surface area contributed by atoms with Crippen LogP contribution in [-0.2, 0) is 11.3 Å². The Morgan fingerprint density at radius 3 is 2.82 bits per heavy atom. The van der Waals surface area contributed by atoms with Gasteiger partial charge < -0.3 is 24.8 Å². The number of phenols is 1. The Hall–Kier alpha value is -2.61. The molecule has 0 radical (unpaired) electrons. The number of hydrazone groups is 1. The molecule has 0 spiro atoms. The molecular formula is C20H28N4O4. The number of phenolic OH excluding ortho intramolecular Hbond substituents is 1. The van der Waals surface area contributed by atoms with Gasteiger partial charge in [-0.25, -0.2) is 10.2 Å². The Kier molecular flexibility index (Phi) is 6.51. The van der Waals surface area contributed by atoms with Crippen LogP contribution in [0.1, 0.15) is 48.8 Å². The van der Waals surface area contributed by atoms with Crippen LogP contribution in [0.15, 0.2) is 17.2 Å². The van der Waals surface area contributed by atoms with E-state index in [1.165, 1.54) is 6.21 Å². The minimum Gasteiger partial charge on any atom is -0.550 e. The number of rotatable bonds is 6. The second-order valence-corrected chi connectivity index (χ2v) is 7.73. The fourth-order valence-electron chi connectivity index (χ4n) is 4.17. The molecule has 1 aromatic rings. The molecule has 1 aromatic carbocycles. The molecule has 0 aromatic heterocycles. The lowest BCUT2D eigenvalue weighted by atomic mass is 10.0. The highest BCUT2D eigenvalue weighted by Crippen LogP contribution is 2.23. The van der Waals surface area contributed by atoms with Gasteiger partial charge in [0, 0.05) is 49.4 Å². The number of carbonyl (C=O) groups is 2. The summed E-state index contributed by atoms with van der Waals surface area (Å²) in [5.74, 6) is -0.907. The smallest absolute Gasteiger partial charge is 0.337 e. The maximum absolute atomic E-state index is 12.0. The number of carbonyl (C=O) groups excluding carboxylic acids is 2. The lowest BCUT2D eigenvalue weighted by Gasteiger charge is -2.23. The first-order valence-electron chi connectivity index (χ1n) is 9.89. The van der Waals surface area contributed by atoms with Crippen molar-refractivity contribution in [3.63, 3.8) is 0 Å². The average Bonchev–Trinajstić information content (AvgIpc) is 3.31. The Balaban J connectivity index is 1.68. The molecule has 28 heavy (non-hydrogen) atoms. The third kappa shape index (κ3) is 5.01. The minimum atomic E-state index is -1.03. The van der Waals surface area contributed by atoms with Gasteiger partial charge in [-0.1, -0.05) is 0 Å². The maximum atomic E-state index is 12.0. The first-order valence-corrected chi connectivity index (χ1v) is 9.89. The first-order chi connectivity index (χ1) is 13.4. The quantitative estimate of drug-likeness (QED) is 0.452. The van der Waals surface area contributed by atoms with Crippen LogP contribution in [0.5, 0.6) is 5.75 Å². The summed E-state index contributed by atoms with van der Waals surface area (Å²) in [4.78, 5) is 25.8. The van der Waals surface area contributed by atoms with Crippen molar-refractivity contribution in [2.45, 2.75) is 51.6 Å². The van der Waals surface area contributed by atoms with Crippen molar-refractivity contribution in [3.8, 4) is 5.75 Å². The molecule has 8 nitrogen and oxygen atoms in total. The molecule has 0 aliphatic carbocycles. The van der Waals surface area contributed by atoms with E-state index in [4.69, 9.17) is 0 Å². The summed E-state index contributed by atoms with van der Waals surface area (Å²) in [6, 6.07) is 3.51. The summed E-state index contributed by atoms with van der Waals surface area (Å²) in [7, 11) is 0. The number of benzene rings is 1. The van der Waals surface area contributed by atoms with E-state index in [1.807, 2.05) is 19.1 Å². The van der Waals surface area contributed by atoms with Crippen molar-refractivity contribution in [2.24, 2.45) is 5.10 Å². The van der Waals surface area contributed by atoms with E-state index in [-0.39, 0.29) is 24.2 Å². The van der Waals surface area contributed by atoms with E-state index in [0.717, 1.165) is 61.3 Å². The third-order valence-corrected chi connectivity index (χ3v) is 5.58. The van der Waals surface area contributed by atoms with E-state index in [0.29, 0.717) is 12.1 Å². The Bertz CT molecular complexity index is 759. The summed E-state index contributed by atoms with van der Waals surface area (Å²) in [6.45, 7) is 4.84. The van der Waals surface area contributed by atoms with E-state index >= 15 is 0 Å². The molecule has 3 rings (SSSR count). The van der Waals surface area contributed by atoms with Gasteiger partial charge in [-0.05, 0) is 37.5 Å². The van der Waals surface area contributed by atoms with Gasteiger partial charge in [0.1, 0.15) is 12.3 Å². The molecule has 0 saturated carbocycles. The number of carboxylic acids is 1. The van der Waals surface area contributed by atoms with Gasteiger partial charge >= 0.3 is 6.03 Å². The molecule has 8 heteroatoms. The number of likely N-dealkylation sites (tertiary alicyclic amines) is 2. The highest BCUT2D eigenvalue weighted by molar-refractivity contribution is 5.85. The monoisotopic (exact) mass is 388 g/mol. The van der Waals surface area contributed by atoms with Gasteiger partial charge in [0.2, 0.25) is 0 Å². The third-order valence-electron chi connectivity index (χ3n) is 5.58. The van der Waals surface area contributed by atoms with Gasteiger partial charge in [0.25, 0.3) is 0 Å². The highest BCUT2D eigenvalue weighted by atomic mass is 16.4. The molecule has 2 atom stereocenters. The van der Waals surface area contributed by atoms with Gasteiger partial charge in [-0.15, -0.1) is 0 Å². The van der Waals surface area contributed by atoms with Gasteiger partial charge in [-0.2, -0.15) is 5.10 Å². The second kappa shape index (κ2) is 9.05. The standard InChI is InChI=1S/C20H28N4O4/c1-14-9-15(12-21-22-20(28)23-6-2-3-7-23)19(27)16(10-14)13-24-8-4-5-17(24)11-18(25)26/h9-10,12,17,27H,2-8,11,13H2,1H3,(H,22,28)(H,25,26)/b21-12+. The minimum absolute atomic E-state index is 0.0155. The number of hydrogen-bond donors (Lipinski definition) is 3. The number of urea groups is 1. The van der Waals surface area contributed by atoms with Crippen LogP contribution in [-0.4, -0.2) is 53.9 Å². The molecule has 2 amide bonds. The molecule has 2 fully saturated rings. The Morgan fingerprint density at radius 1 is 1.36 bits per heavy atom. The normalized spacial score (nSPS) is 22.1. The highest BCUT2D eigenvalue weighted by Gasteiger charge is 2.29. The fourth-order valence-corrected chi connectivity index (χ4v) is 4.17. The summed E-state index contributed by atoms with van der Waals surface area (Å²) in [5.41, 5.74) is 4.77.